The van der Waals surface area contributed by atoms with E-state index in [2.05, 4.69) is 10.1 Å². The maximum Gasteiger partial charge on any atom is 0.387 e. The SMILES string of the molecule is [2H]C([2H])([2H])C1(C(=O)O)CCC(C(=O)Nc2ccc(F)cc2OC(F)F)(c2ccccc2C(C)C)CC1. The molecule has 1 aliphatic rings. The zero-order valence-corrected chi connectivity index (χ0v) is 18.3. The Morgan fingerprint density at radius 3 is 2.36 bits per heavy atom. The smallest absolute Gasteiger partial charge is 0.387 e. The summed E-state index contributed by atoms with van der Waals surface area (Å²) in [5, 5.41) is 12.4. The van der Waals surface area contributed by atoms with Gasteiger partial charge in [-0.2, -0.15) is 8.78 Å². The predicted octanol–water partition coefficient (Wildman–Crippen LogP) is 6.09. The highest BCUT2D eigenvalue weighted by molar-refractivity contribution is 6.00. The standard InChI is InChI=1S/C25H28F3NO4/c1-15(2)17-6-4-5-7-18(17)25(12-10-24(3,11-13-25)22(31)32)21(30)29-19-9-8-16(26)14-20(19)33-23(27)28/h4-9,14-15,23H,10-13H2,1-3H3,(H,29,30)(H,31,32)/i3D3. The molecule has 0 saturated heterocycles. The van der Waals surface area contributed by atoms with Crippen molar-refractivity contribution >= 4 is 17.6 Å². The lowest BCUT2D eigenvalue weighted by molar-refractivity contribution is -0.151. The van der Waals surface area contributed by atoms with Gasteiger partial charge < -0.3 is 15.2 Å². The highest BCUT2D eigenvalue weighted by Crippen LogP contribution is 2.49. The van der Waals surface area contributed by atoms with Gasteiger partial charge in [0, 0.05) is 10.2 Å². The third-order valence-electron chi connectivity index (χ3n) is 6.31. The van der Waals surface area contributed by atoms with Crippen molar-refractivity contribution < 1.29 is 36.7 Å². The number of alkyl halides is 2. The fourth-order valence-electron chi connectivity index (χ4n) is 4.41. The number of carboxylic acid groups (broad SMARTS) is 1. The van der Waals surface area contributed by atoms with Crippen LogP contribution in [0.5, 0.6) is 5.75 Å². The molecule has 0 radical (unpaired) electrons. The van der Waals surface area contributed by atoms with Crippen molar-refractivity contribution in [3.63, 3.8) is 0 Å². The summed E-state index contributed by atoms with van der Waals surface area (Å²) < 4.78 is 67.5. The molecule has 1 saturated carbocycles. The Hall–Kier alpha value is -3.03. The lowest BCUT2D eigenvalue weighted by atomic mass is 9.60. The Morgan fingerprint density at radius 1 is 1.12 bits per heavy atom. The molecule has 8 heteroatoms. The second kappa shape index (κ2) is 9.45. The Bertz CT molecular complexity index is 1130. The number of rotatable bonds is 7. The van der Waals surface area contributed by atoms with Crippen LogP contribution >= 0.6 is 0 Å². The second-order valence-corrected chi connectivity index (χ2v) is 8.68. The van der Waals surface area contributed by atoms with E-state index in [1.54, 1.807) is 18.2 Å². The van der Waals surface area contributed by atoms with Gasteiger partial charge in [-0.05, 0) is 61.7 Å². The zero-order valence-electron chi connectivity index (χ0n) is 21.3. The van der Waals surface area contributed by atoms with E-state index in [0.717, 1.165) is 23.8 Å². The molecule has 1 aliphatic carbocycles. The van der Waals surface area contributed by atoms with E-state index in [1.165, 1.54) is 0 Å². The topological polar surface area (TPSA) is 75.6 Å². The molecule has 1 fully saturated rings. The van der Waals surface area contributed by atoms with Gasteiger partial charge in [0.05, 0.1) is 16.5 Å². The summed E-state index contributed by atoms with van der Waals surface area (Å²) >= 11 is 0. The quantitative estimate of drug-likeness (QED) is 0.518. The monoisotopic (exact) mass is 466 g/mol. The van der Waals surface area contributed by atoms with Crippen LogP contribution in [0.4, 0.5) is 18.9 Å². The molecular formula is C25H28F3NO4. The molecule has 0 bridgehead atoms. The van der Waals surface area contributed by atoms with E-state index in [9.17, 15) is 27.9 Å². The number of ether oxygens (including phenoxy) is 1. The summed E-state index contributed by atoms with van der Waals surface area (Å²) in [6.45, 7) is -2.21. The van der Waals surface area contributed by atoms with Gasteiger partial charge >= 0.3 is 12.6 Å². The third kappa shape index (κ3) is 4.99. The van der Waals surface area contributed by atoms with Crippen molar-refractivity contribution in [1.82, 2.24) is 0 Å². The summed E-state index contributed by atoms with van der Waals surface area (Å²) in [7, 11) is 0. The number of carbonyl (C=O) groups excluding carboxylic acids is 1. The van der Waals surface area contributed by atoms with Crippen molar-refractivity contribution in [1.29, 1.82) is 0 Å². The van der Waals surface area contributed by atoms with Crippen molar-refractivity contribution in [2.24, 2.45) is 5.41 Å². The maximum atomic E-state index is 13.9. The molecule has 178 valence electrons. The van der Waals surface area contributed by atoms with Crippen molar-refractivity contribution in [3.05, 3.63) is 59.4 Å². The van der Waals surface area contributed by atoms with Crippen LogP contribution in [-0.2, 0) is 15.0 Å². The summed E-state index contributed by atoms with van der Waals surface area (Å²) in [5.74, 6) is -3.54. The number of halogens is 3. The van der Waals surface area contributed by atoms with E-state index in [0.29, 0.717) is 5.56 Å². The van der Waals surface area contributed by atoms with E-state index in [-0.39, 0.29) is 37.3 Å². The highest BCUT2D eigenvalue weighted by Gasteiger charge is 2.50. The van der Waals surface area contributed by atoms with Crippen LogP contribution in [0.15, 0.2) is 42.5 Å². The van der Waals surface area contributed by atoms with Gasteiger partial charge in [-0.1, -0.05) is 38.1 Å². The number of hydrogen-bond donors (Lipinski definition) is 2. The van der Waals surface area contributed by atoms with Gasteiger partial charge in [0.25, 0.3) is 0 Å². The molecule has 0 heterocycles. The van der Waals surface area contributed by atoms with Gasteiger partial charge in [-0.15, -0.1) is 0 Å². The molecule has 2 N–H and O–H groups in total. The number of carboxylic acids is 1. The number of anilines is 1. The van der Waals surface area contributed by atoms with Crippen LogP contribution in [0.25, 0.3) is 0 Å². The molecule has 0 unspecified atom stereocenters. The normalized spacial score (nSPS) is 24.6. The third-order valence-corrected chi connectivity index (χ3v) is 6.31. The first kappa shape index (κ1) is 20.6. The lowest BCUT2D eigenvalue weighted by Gasteiger charge is -2.43. The maximum absolute atomic E-state index is 13.9. The van der Waals surface area contributed by atoms with Crippen molar-refractivity contribution in [2.45, 2.75) is 64.3 Å². The minimum atomic E-state index is -3.26. The molecule has 0 aliphatic heterocycles. The second-order valence-electron chi connectivity index (χ2n) is 8.68. The predicted molar refractivity (Wildman–Crippen MR) is 118 cm³/mol. The van der Waals surface area contributed by atoms with Crippen LogP contribution in [0, 0.1) is 11.2 Å². The van der Waals surface area contributed by atoms with Gasteiger partial charge in [0.15, 0.2) is 5.75 Å². The van der Waals surface area contributed by atoms with Crippen LogP contribution in [-0.4, -0.2) is 23.6 Å². The first-order chi connectivity index (χ1) is 16.7. The van der Waals surface area contributed by atoms with E-state index < -0.39 is 47.7 Å². The number of amides is 1. The van der Waals surface area contributed by atoms with Crippen molar-refractivity contribution in [3.8, 4) is 5.75 Å². The summed E-state index contributed by atoms with van der Waals surface area (Å²) in [6, 6.07) is 9.89. The minimum absolute atomic E-state index is 0.0248. The molecule has 2 aromatic rings. The van der Waals surface area contributed by atoms with E-state index in [4.69, 9.17) is 4.11 Å². The molecular weight excluding hydrogens is 435 g/mol. The van der Waals surface area contributed by atoms with Gasteiger partial charge in [0.2, 0.25) is 5.91 Å². The van der Waals surface area contributed by atoms with Crippen LogP contribution in [0.2, 0.25) is 0 Å². The Labute approximate surface area is 195 Å². The molecule has 3 rings (SSSR count). The minimum Gasteiger partial charge on any atom is -0.481 e. The number of nitrogens with one attached hydrogen (secondary N) is 1. The van der Waals surface area contributed by atoms with Crippen LogP contribution in [0.1, 0.15) is 67.5 Å². The molecule has 33 heavy (non-hydrogen) atoms. The number of aliphatic carboxylic acids is 1. The molecule has 0 spiro atoms. The van der Waals surface area contributed by atoms with Gasteiger partial charge in [0.1, 0.15) is 5.82 Å². The first-order valence-corrected chi connectivity index (χ1v) is 10.6. The largest absolute Gasteiger partial charge is 0.481 e. The fraction of sp³-hybridized carbons (Fsp3) is 0.440. The lowest BCUT2D eigenvalue weighted by Crippen LogP contribution is -2.47. The summed E-state index contributed by atoms with van der Waals surface area (Å²) in [4.78, 5) is 26.0. The molecule has 0 atom stereocenters. The number of benzene rings is 2. The van der Waals surface area contributed by atoms with Crippen molar-refractivity contribution in [2.75, 3.05) is 5.32 Å². The summed E-state index contributed by atoms with van der Waals surface area (Å²) in [6.07, 6.45) is -0.829. The van der Waals surface area contributed by atoms with E-state index >= 15 is 0 Å². The van der Waals surface area contributed by atoms with Crippen LogP contribution in [0.3, 0.4) is 0 Å². The molecule has 0 aromatic heterocycles. The summed E-state index contributed by atoms with van der Waals surface area (Å²) in [5.41, 5.74) is -2.16. The zero-order chi connectivity index (χ0) is 26.9. The Balaban J connectivity index is 2.10. The van der Waals surface area contributed by atoms with Gasteiger partial charge in [-0.3, -0.25) is 9.59 Å². The Kier molecular flexibility index (Phi) is 5.89. The highest BCUT2D eigenvalue weighted by atomic mass is 19.3. The average molecular weight is 467 g/mol. The van der Waals surface area contributed by atoms with Crippen LogP contribution < -0.4 is 10.1 Å². The number of carbonyl (C=O) groups is 2. The van der Waals surface area contributed by atoms with Gasteiger partial charge in [-0.25, -0.2) is 4.39 Å². The first-order valence-electron chi connectivity index (χ1n) is 12.1. The average Bonchev–Trinajstić information content (AvgIpc) is 2.79. The fourth-order valence-corrected chi connectivity index (χ4v) is 4.41. The van der Waals surface area contributed by atoms with E-state index in [1.807, 2.05) is 19.9 Å². The molecule has 2 aromatic carbocycles. The number of hydrogen-bond acceptors (Lipinski definition) is 3. The molecule has 5 nitrogen and oxygen atoms in total. The Morgan fingerprint density at radius 2 is 1.79 bits per heavy atom. The molecule has 1 amide bonds.